The second-order valence-corrected chi connectivity index (χ2v) is 6.77. The smallest absolute Gasteiger partial charge is 0.271 e. The van der Waals surface area contributed by atoms with E-state index in [2.05, 4.69) is 4.98 Å². The number of hydrogen-bond donors (Lipinski definition) is 1. The van der Waals surface area contributed by atoms with Crippen molar-refractivity contribution >= 4 is 22.2 Å². The van der Waals surface area contributed by atoms with Crippen LogP contribution in [0.5, 0.6) is 0 Å². The predicted octanol–water partition coefficient (Wildman–Crippen LogP) is 0.907. The summed E-state index contributed by atoms with van der Waals surface area (Å²) in [7, 11) is 0. The minimum absolute atomic E-state index is 0.0621. The molecule has 1 aliphatic heterocycles. The maximum absolute atomic E-state index is 12.5. The zero-order valence-electron chi connectivity index (χ0n) is 11.9. The number of rotatable bonds is 1. The third kappa shape index (κ3) is 2.47. The van der Waals surface area contributed by atoms with Crippen molar-refractivity contribution in [1.82, 2.24) is 14.3 Å². The molecule has 21 heavy (non-hydrogen) atoms. The Hall–Kier alpha value is -1.73. The van der Waals surface area contributed by atoms with Crippen LogP contribution in [0.3, 0.4) is 0 Å². The van der Waals surface area contributed by atoms with E-state index in [1.165, 1.54) is 26.8 Å². The Morgan fingerprint density at radius 2 is 2.29 bits per heavy atom. The van der Waals surface area contributed by atoms with Crippen molar-refractivity contribution in [2.45, 2.75) is 26.4 Å². The lowest BCUT2D eigenvalue weighted by Crippen LogP contribution is -2.47. The van der Waals surface area contributed by atoms with Gasteiger partial charge in [-0.05, 0) is 19.3 Å². The molecule has 3 rings (SSSR count). The van der Waals surface area contributed by atoms with Crippen LogP contribution in [-0.4, -0.2) is 44.5 Å². The fourth-order valence-electron chi connectivity index (χ4n) is 2.55. The number of nitrogens with zero attached hydrogens (tertiary/aromatic N) is 3. The van der Waals surface area contributed by atoms with Gasteiger partial charge < -0.3 is 10.0 Å². The number of amides is 1. The number of thiazole rings is 1. The Kier molecular flexibility index (Phi) is 3.54. The highest BCUT2D eigenvalue weighted by atomic mass is 32.1. The monoisotopic (exact) mass is 307 g/mol. The summed E-state index contributed by atoms with van der Waals surface area (Å²) in [5, 5.41) is 9.90. The fourth-order valence-corrected chi connectivity index (χ4v) is 3.33. The van der Waals surface area contributed by atoms with Gasteiger partial charge in [0.15, 0.2) is 4.96 Å². The molecule has 2 atom stereocenters. The number of fused-ring (bicyclic) bond motifs is 1. The molecule has 2 aromatic rings. The highest BCUT2D eigenvalue weighted by molar-refractivity contribution is 7.16. The molecule has 0 spiro atoms. The zero-order chi connectivity index (χ0) is 15.1. The first-order chi connectivity index (χ1) is 9.97. The van der Waals surface area contributed by atoms with Crippen molar-refractivity contribution in [3.8, 4) is 0 Å². The first-order valence-corrected chi connectivity index (χ1v) is 7.74. The molecule has 6 nitrogen and oxygen atoms in total. The lowest BCUT2D eigenvalue weighted by atomic mass is 9.96. The van der Waals surface area contributed by atoms with Crippen LogP contribution >= 0.6 is 11.3 Å². The summed E-state index contributed by atoms with van der Waals surface area (Å²) in [5.74, 6) is -0.174. The number of β-amino-alcohol motifs (C(OH)–C–C–N with tert-alkyl or cyclic N) is 1. The van der Waals surface area contributed by atoms with Crippen LogP contribution < -0.4 is 5.56 Å². The Balaban J connectivity index is 1.95. The SMILES string of the molecule is Cc1cn2c(=O)c(C(=O)N3CCC(C)C(O)C3)cnc2s1. The number of aliphatic hydroxyl groups is 1. The molecule has 3 heterocycles. The molecule has 7 heteroatoms. The molecular weight excluding hydrogens is 290 g/mol. The van der Waals surface area contributed by atoms with E-state index in [0.29, 0.717) is 11.5 Å². The Morgan fingerprint density at radius 3 is 3.00 bits per heavy atom. The van der Waals surface area contributed by atoms with E-state index in [0.717, 1.165) is 11.3 Å². The molecule has 1 N–H and O–H groups in total. The second-order valence-electron chi connectivity index (χ2n) is 5.56. The van der Waals surface area contributed by atoms with Crippen LogP contribution in [0, 0.1) is 12.8 Å². The third-order valence-corrected chi connectivity index (χ3v) is 4.87. The molecular formula is C14H17N3O3S. The summed E-state index contributed by atoms with van der Waals surface area (Å²) >= 11 is 1.41. The number of aliphatic hydroxyl groups excluding tert-OH is 1. The Morgan fingerprint density at radius 1 is 1.52 bits per heavy atom. The van der Waals surface area contributed by atoms with Crippen LogP contribution in [0.4, 0.5) is 0 Å². The number of piperidine rings is 1. The maximum atomic E-state index is 12.5. The van der Waals surface area contributed by atoms with Gasteiger partial charge >= 0.3 is 0 Å². The number of aromatic nitrogens is 2. The van der Waals surface area contributed by atoms with E-state index in [9.17, 15) is 14.7 Å². The molecule has 0 saturated carbocycles. The molecule has 1 amide bonds. The van der Waals surface area contributed by atoms with E-state index < -0.39 is 6.10 Å². The van der Waals surface area contributed by atoms with E-state index in [4.69, 9.17) is 0 Å². The summed E-state index contributed by atoms with van der Waals surface area (Å²) in [4.78, 5) is 32.1. The predicted molar refractivity (Wildman–Crippen MR) is 79.8 cm³/mol. The van der Waals surface area contributed by atoms with Gasteiger partial charge in [0, 0.05) is 30.4 Å². The quantitative estimate of drug-likeness (QED) is 0.849. The van der Waals surface area contributed by atoms with Crippen molar-refractivity contribution in [1.29, 1.82) is 0 Å². The maximum Gasteiger partial charge on any atom is 0.271 e. The number of hydrogen-bond acceptors (Lipinski definition) is 5. The summed E-state index contributed by atoms with van der Waals surface area (Å²) in [6, 6.07) is 0. The molecule has 1 aliphatic rings. The summed E-state index contributed by atoms with van der Waals surface area (Å²) in [6.07, 6.45) is 3.24. The molecule has 0 radical (unpaired) electrons. The number of carbonyl (C=O) groups is 1. The molecule has 0 bridgehead atoms. The lowest BCUT2D eigenvalue weighted by molar-refractivity contribution is 0.0247. The molecule has 1 fully saturated rings. The first kappa shape index (κ1) is 14.2. The normalized spacial score (nSPS) is 22.7. The highest BCUT2D eigenvalue weighted by Gasteiger charge is 2.29. The number of likely N-dealkylation sites (tertiary alicyclic amines) is 1. The van der Waals surface area contributed by atoms with Gasteiger partial charge in [0.1, 0.15) is 5.56 Å². The summed E-state index contributed by atoms with van der Waals surface area (Å²) < 4.78 is 1.41. The second kappa shape index (κ2) is 5.23. The van der Waals surface area contributed by atoms with Crippen molar-refractivity contribution < 1.29 is 9.90 Å². The van der Waals surface area contributed by atoms with Crippen molar-refractivity contribution in [2.75, 3.05) is 13.1 Å². The van der Waals surface area contributed by atoms with E-state index in [1.54, 1.807) is 6.20 Å². The minimum atomic E-state index is -0.537. The van der Waals surface area contributed by atoms with Crippen LogP contribution in [-0.2, 0) is 0 Å². The number of aryl methyl sites for hydroxylation is 1. The molecule has 0 aromatic carbocycles. The van der Waals surface area contributed by atoms with Gasteiger partial charge in [-0.2, -0.15) is 0 Å². The zero-order valence-corrected chi connectivity index (χ0v) is 12.8. The lowest BCUT2D eigenvalue weighted by Gasteiger charge is -2.34. The highest BCUT2D eigenvalue weighted by Crippen LogP contribution is 2.19. The van der Waals surface area contributed by atoms with Gasteiger partial charge in [0.25, 0.3) is 11.5 Å². The van der Waals surface area contributed by atoms with Crippen LogP contribution in [0.1, 0.15) is 28.6 Å². The first-order valence-electron chi connectivity index (χ1n) is 6.92. The van der Waals surface area contributed by atoms with Crippen molar-refractivity contribution in [3.63, 3.8) is 0 Å². The van der Waals surface area contributed by atoms with Crippen molar-refractivity contribution in [2.24, 2.45) is 5.92 Å². The van der Waals surface area contributed by atoms with Gasteiger partial charge in [-0.25, -0.2) is 4.98 Å². The molecule has 1 saturated heterocycles. The third-order valence-electron chi connectivity index (χ3n) is 3.96. The van der Waals surface area contributed by atoms with Gasteiger partial charge in [-0.15, -0.1) is 11.3 Å². The standard InChI is InChI=1S/C14H17N3O3S/c1-8-3-4-16(7-11(8)18)12(19)10-5-15-14-17(13(10)20)6-9(2)21-14/h5-6,8,11,18H,3-4,7H2,1-2H3. The van der Waals surface area contributed by atoms with Gasteiger partial charge in [-0.1, -0.05) is 6.92 Å². The fraction of sp³-hybridized carbons (Fsp3) is 0.500. The molecule has 2 unspecified atom stereocenters. The molecule has 112 valence electrons. The largest absolute Gasteiger partial charge is 0.391 e. The van der Waals surface area contributed by atoms with Crippen molar-refractivity contribution in [3.05, 3.63) is 33.2 Å². The van der Waals surface area contributed by atoms with Gasteiger partial charge in [0.2, 0.25) is 0 Å². The Bertz CT molecular complexity index is 751. The van der Waals surface area contributed by atoms with Crippen LogP contribution in [0.25, 0.3) is 4.96 Å². The average Bonchev–Trinajstić information content (AvgIpc) is 2.83. The van der Waals surface area contributed by atoms with E-state index in [-0.39, 0.29) is 29.5 Å². The average molecular weight is 307 g/mol. The van der Waals surface area contributed by atoms with Crippen LogP contribution in [0.15, 0.2) is 17.2 Å². The molecule has 0 aliphatic carbocycles. The van der Waals surface area contributed by atoms with Gasteiger partial charge in [-0.3, -0.25) is 14.0 Å². The van der Waals surface area contributed by atoms with E-state index >= 15 is 0 Å². The topological polar surface area (TPSA) is 74.9 Å². The summed E-state index contributed by atoms with van der Waals surface area (Å²) in [5.41, 5.74) is -0.283. The van der Waals surface area contributed by atoms with Crippen LogP contribution in [0.2, 0.25) is 0 Å². The van der Waals surface area contributed by atoms with E-state index in [1.807, 2.05) is 13.8 Å². The Labute approximate surface area is 125 Å². The molecule has 2 aromatic heterocycles. The number of carbonyl (C=O) groups excluding carboxylic acids is 1. The summed E-state index contributed by atoms with van der Waals surface area (Å²) in [6.45, 7) is 4.68. The van der Waals surface area contributed by atoms with Gasteiger partial charge in [0.05, 0.1) is 6.10 Å². The minimum Gasteiger partial charge on any atom is -0.391 e.